The van der Waals surface area contributed by atoms with Crippen molar-refractivity contribution in [2.75, 3.05) is 19.6 Å². The van der Waals surface area contributed by atoms with Gasteiger partial charge in [-0.25, -0.2) is 9.18 Å². The number of benzene rings is 1. The van der Waals surface area contributed by atoms with Gasteiger partial charge in [0.25, 0.3) is 0 Å². The molecular weight excluding hydrogens is 297 g/mol. The lowest BCUT2D eigenvalue weighted by Crippen LogP contribution is -2.49. The van der Waals surface area contributed by atoms with Crippen LogP contribution in [0.2, 0.25) is 0 Å². The summed E-state index contributed by atoms with van der Waals surface area (Å²) in [6.45, 7) is 3.93. The fourth-order valence-corrected chi connectivity index (χ4v) is 3.01. The van der Waals surface area contributed by atoms with Gasteiger partial charge in [-0.2, -0.15) is 0 Å². The molecule has 1 aromatic rings. The second-order valence-electron chi connectivity index (χ2n) is 6.51. The molecular formula is C18H24FNO3. The molecule has 2 N–H and O–H groups in total. The molecule has 23 heavy (non-hydrogen) atoms. The van der Waals surface area contributed by atoms with E-state index in [9.17, 15) is 19.4 Å². The second kappa shape index (κ2) is 7.84. The topological polar surface area (TPSA) is 60.8 Å². The molecule has 1 aliphatic rings. The van der Waals surface area contributed by atoms with Crippen LogP contribution < -0.4 is 0 Å². The van der Waals surface area contributed by atoms with Crippen molar-refractivity contribution in [3.63, 3.8) is 0 Å². The number of piperidine rings is 1. The molecule has 1 fully saturated rings. The van der Waals surface area contributed by atoms with E-state index in [1.807, 2.05) is 0 Å². The normalized spacial score (nSPS) is 26.5. The first-order valence-electron chi connectivity index (χ1n) is 8.01. The van der Waals surface area contributed by atoms with Gasteiger partial charge < -0.3 is 15.1 Å². The summed E-state index contributed by atoms with van der Waals surface area (Å²) in [5, 5.41) is 20.4. The monoisotopic (exact) mass is 321 g/mol. The van der Waals surface area contributed by atoms with Crippen molar-refractivity contribution in [3.8, 4) is 0 Å². The Morgan fingerprint density at radius 2 is 2.17 bits per heavy atom. The maximum atomic E-state index is 12.9. The number of halogens is 1. The van der Waals surface area contributed by atoms with Gasteiger partial charge in [0.05, 0.1) is 11.7 Å². The Hall–Kier alpha value is -1.52. The van der Waals surface area contributed by atoms with Crippen LogP contribution in [0.3, 0.4) is 0 Å². The molecule has 0 amide bonds. The second-order valence-corrected chi connectivity index (χ2v) is 6.51. The van der Waals surface area contributed by atoms with E-state index < -0.39 is 11.7 Å². The minimum Gasteiger partial charge on any atom is -0.389 e. The van der Waals surface area contributed by atoms with Crippen LogP contribution in [0.25, 0.3) is 0 Å². The van der Waals surface area contributed by atoms with Gasteiger partial charge in [-0.1, -0.05) is 12.1 Å². The maximum absolute atomic E-state index is 12.9. The summed E-state index contributed by atoms with van der Waals surface area (Å²) in [5.74, 6) is 1.26. The number of hydrogen-bond acceptors (Lipinski definition) is 4. The Labute approximate surface area is 136 Å². The standard InChI is InChI=1S/C18H24FNO3/c1-18(23)9-11-20(13-15(18)8-12-21)10-2-3-17(22)14-4-6-16(19)7-5-14/h4-8,15,17,22-23H,2-3,9-11,13H2,1H3/t15-,17?,18+/m0/s1. The molecule has 0 aliphatic carbocycles. The third-order valence-electron chi connectivity index (χ3n) is 4.66. The Morgan fingerprint density at radius 3 is 2.83 bits per heavy atom. The van der Waals surface area contributed by atoms with Gasteiger partial charge in [0, 0.05) is 25.1 Å². The largest absolute Gasteiger partial charge is 0.389 e. The fourth-order valence-electron chi connectivity index (χ4n) is 3.01. The first-order valence-corrected chi connectivity index (χ1v) is 8.01. The number of hydrogen-bond donors (Lipinski definition) is 2. The molecule has 0 saturated carbocycles. The van der Waals surface area contributed by atoms with E-state index in [0.29, 0.717) is 19.4 Å². The summed E-state index contributed by atoms with van der Waals surface area (Å²) in [4.78, 5) is 12.8. The Morgan fingerprint density at radius 1 is 1.48 bits per heavy atom. The molecule has 0 spiro atoms. The number of aliphatic hydroxyl groups excluding tert-OH is 1. The molecule has 3 atom stereocenters. The number of aliphatic hydroxyl groups is 2. The predicted molar refractivity (Wildman–Crippen MR) is 86.0 cm³/mol. The van der Waals surface area contributed by atoms with Crippen molar-refractivity contribution in [2.45, 2.75) is 37.9 Å². The van der Waals surface area contributed by atoms with Gasteiger partial charge in [0.15, 0.2) is 0 Å². The zero-order chi connectivity index (χ0) is 16.9. The zero-order valence-electron chi connectivity index (χ0n) is 13.4. The minimum atomic E-state index is -0.860. The van der Waals surface area contributed by atoms with E-state index in [1.54, 1.807) is 25.0 Å². The van der Waals surface area contributed by atoms with Crippen molar-refractivity contribution in [1.29, 1.82) is 0 Å². The summed E-state index contributed by atoms with van der Waals surface area (Å²) in [6.07, 6.45) is 2.79. The van der Waals surface area contributed by atoms with Gasteiger partial charge in [0.2, 0.25) is 0 Å². The number of nitrogens with zero attached hydrogens (tertiary/aromatic N) is 1. The highest BCUT2D eigenvalue weighted by atomic mass is 19.1. The molecule has 4 nitrogen and oxygen atoms in total. The van der Waals surface area contributed by atoms with Crippen molar-refractivity contribution in [2.24, 2.45) is 5.92 Å². The van der Waals surface area contributed by atoms with Gasteiger partial charge >= 0.3 is 0 Å². The van der Waals surface area contributed by atoms with Crippen molar-refractivity contribution in [1.82, 2.24) is 4.90 Å². The van der Waals surface area contributed by atoms with Gasteiger partial charge in [0.1, 0.15) is 11.8 Å². The lowest BCUT2D eigenvalue weighted by atomic mass is 9.82. The molecule has 1 saturated heterocycles. The van der Waals surface area contributed by atoms with Gasteiger partial charge in [-0.15, -0.1) is 0 Å². The van der Waals surface area contributed by atoms with Crippen LogP contribution in [0.5, 0.6) is 0 Å². The minimum absolute atomic E-state index is 0.212. The number of rotatable bonds is 6. The van der Waals surface area contributed by atoms with E-state index in [-0.39, 0.29) is 11.7 Å². The zero-order valence-corrected chi connectivity index (χ0v) is 13.4. The average molecular weight is 321 g/mol. The van der Waals surface area contributed by atoms with Crippen LogP contribution in [0, 0.1) is 11.7 Å². The van der Waals surface area contributed by atoms with Gasteiger partial charge in [-0.3, -0.25) is 0 Å². The van der Waals surface area contributed by atoms with E-state index in [1.165, 1.54) is 18.2 Å². The first-order chi connectivity index (χ1) is 10.9. The summed E-state index contributed by atoms with van der Waals surface area (Å²) in [7, 11) is 0. The van der Waals surface area contributed by atoms with Crippen LogP contribution in [0.4, 0.5) is 4.39 Å². The highest BCUT2D eigenvalue weighted by Crippen LogP contribution is 2.28. The van der Waals surface area contributed by atoms with Crippen molar-refractivity contribution >= 4 is 5.94 Å². The molecule has 1 heterocycles. The van der Waals surface area contributed by atoms with Crippen LogP contribution in [-0.4, -0.2) is 46.3 Å². The quantitative estimate of drug-likeness (QED) is 0.788. The fraction of sp³-hybridized carbons (Fsp3) is 0.556. The van der Waals surface area contributed by atoms with Crippen molar-refractivity contribution in [3.05, 3.63) is 41.7 Å². The van der Waals surface area contributed by atoms with Crippen LogP contribution in [0.15, 0.2) is 30.3 Å². The summed E-state index contributed by atoms with van der Waals surface area (Å²) >= 11 is 0. The summed E-state index contributed by atoms with van der Waals surface area (Å²) < 4.78 is 12.9. The number of carbonyl (C=O) groups excluding carboxylic acids is 1. The van der Waals surface area contributed by atoms with Crippen LogP contribution >= 0.6 is 0 Å². The third-order valence-corrected chi connectivity index (χ3v) is 4.66. The lowest BCUT2D eigenvalue weighted by Gasteiger charge is -2.41. The lowest BCUT2D eigenvalue weighted by molar-refractivity contribution is -0.0396. The summed E-state index contributed by atoms with van der Waals surface area (Å²) in [6, 6.07) is 5.90. The molecule has 0 radical (unpaired) electrons. The van der Waals surface area contributed by atoms with E-state index >= 15 is 0 Å². The third kappa shape index (κ3) is 4.98. The molecule has 0 bridgehead atoms. The first kappa shape index (κ1) is 17.8. The highest BCUT2D eigenvalue weighted by Gasteiger charge is 2.36. The predicted octanol–water partition coefficient (Wildman–Crippen LogP) is 2.10. The molecule has 1 unspecified atom stereocenters. The van der Waals surface area contributed by atoms with Crippen molar-refractivity contribution < 1.29 is 19.4 Å². The van der Waals surface area contributed by atoms with Crippen LogP contribution in [0.1, 0.15) is 37.9 Å². The molecule has 2 rings (SSSR count). The van der Waals surface area contributed by atoms with E-state index in [2.05, 4.69) is 4.90 Å². The maximum Gasteiger partial charge on any atom is 0.123 e. The molecule has 0 aromatic heterocycles. The molecule has 5 heteroatoms. The molecule has 126 valence electrons. The smallest absolute Gasteiger partial charge is 0.123 e. The Balaban J connectivity index is 1.80. The van der Waals surface area contributed by atoms with Crippen LogP contribution in [-0.2, 0) is 4.79 Å². The molecule has 1 aromatic carbocycles. The van der Waals surface area contributed by atoms with E-state index in [4.69, 9.17) is 0 Å². The average Bonchev–Trinajstić information content (AvgIpc) is 2.51. The van der Waals surface area contributed by atoms with E-state index in [0.717, 1.165) is 25.1 Å². The highest BCUT2D eigenvalue weighted by molar-refractivity contribution is 5.46. The van der Waals surface area contributed by atoms with Gasteiger partial charge in [-0.05, 0) is 50.4 Å². The summed E-state index contributed by atoms with van der Waals surface area (Å²) in [5.41, 5.74) is -0.142. The number of likely N-dealkylation sites (tertiary alicyclic amines) is 1. The Bertz CT molecular complexity index is 552. The SMILES string of the molecule is C[C@@]1(O)CCN(CCCC(O)c2ccc(F)cc2)C[C@@H]1C=C=O. The Kier molecular flexibility index (Phi) is 6.08. The molecule has 1 aliphatic heterocycles.